The number of rotatable bonds is 4. The molecule has 1 N–H and O–H groups in total. The highest BCUT2D eigenvalue weighted by molar-refractivity contribution is 5.30. The van der Waals surface area contributed by atoms with Crippen LogP contribution in [-0.4, -0.2) is 16.8 Å². The summed E-state index contributed by atoms with van der Waals surface area (Å²) in [6.45, 7) is 6.74. The van der Waals surface area contributed by atoms with E-state index in [2.05, 4.69) is 6.92 Å². The normalized spacial score (nSPS) is 14.4. The van der Waals surface area contributed by atoms with E-state index in [0.717, 1.165) is 12.1 Å². The van der Waals surface area contributed by atoms with Gasteiger partial charge in [0, 0.05) is 0 Å². The molecule has 1 aromatic rings. The first-order valence-electron chi connectivity index (χ1n) is 5.50. The molecule has 0 aromatic heterocycles. The predicted octanol–water partition coefficient (Wildman–Crippen LogP) is 3.45. The van der Waals surface area contributed by atoms with Crippen LogP contribution in [0.3, 0.4) is 0 Å². The van der Waals surface area contributed by atoms with Crippen molar-refractivity contribution in [3.05, 3.63) is 36.8 Å². The second kappa shape index (κ2) is 5.18. The molecule has 0 bridgehead atoms. The molecular weight excluding hydrogens is 245 g/mol. The van der Waals surface area contributed by atoms with Gasteiger partial charge in [0.25, 0.3) is 0 Å². The van der Waals surface area contributed by atoms with Crippen LogP contribution >= 0.6 is 0 Å². The van der Waals surface area contributed by atoms with E-state index in [-0.39, 0.29) is 12.2 Å². The summed E-state index contributed by atoms with van der Waals surface area (Å²) in [7, 11) is 0. The molecule has 1 rings (SSSR count). The van der Waals surface area contributed by atoms with Gasteiger partial charge in [0.1, 0.15) is 11.4 Å². The Morgan fingerprint density at radius 3 is 2.44 bits per heavy atom. The average molecular weight is 261 g/mol. The molecule has 0 amide bonds. The highest BCUT2D eigenvalue weighted by atomic mass is 19.4. The third-order valence-electron chi connectivity index (χ3n) is 2.62. The molecular formula is C13H16F3O2. The van der Waals surface area contributed by atoms with Crippen molar-refractivity contribution in [1.29, 1.82) is 0 Å². The molecule has 0 spiro atoms. The van der Waals surface area contributed by atoms with Crippen molar-refractivity contribution in [2.45, 2.75) is 38.1 Å². The van der Waals surface area contributed by atoms with Crippen molar-refractivity contribution in [1.82, 2.24) is 0 Å². The predicted molar refractivity (Wildman–Crippen MR) is 62.1 cm³/mol. The van der Waals surface area contributed by atoms with Gasteiger partial charge in [-0.15, -0.1) is 0 Å². The lowest BCUT2D eigenvalue weighted by molar-refractivity contribution is -0.137. The largest absolute Gasteiger partial charge is 0.485 e. The smallest absolute Gasteiger partial charge is 0.416 e. The number of aliphatic hydroxyl groups is 1. The van der Waals surface area contributed by atoms with E-state index in [1.54, 1.807) is 13.8 Å². The molecule has 18 heavy (non-hydrogen) atoms. The van der Waals surface area contributed by atoms with Crippen LogP contribution in [0.5, 0.6) is 5.75 Å². The number of hydrogen-bond acceptors (Lipinski definition) is 2. The van der Waals surface area contributed by atoms with Gasteiger partial charge in [0.15, 0.2) is 0 Å². The Labute approximate surface area is 104 Å². The second-order valence-electron chi connectivity index (χ2n) is 4.54. The number of ether oxygens (including phenoxy) is 1. The minimum atomic E-state index is -4.41. The Balaban J connectivity index is 2.92. The maximum absolute atomic E-state index is 12.5. The summed E-state index contributed by atoms with van der Waals surface area (Å²) in [4.78, 5) is 0. The van der Waals surface area contributed by atoms with E-state index in [4.69, 9.17) is 4.74 Å². The first-order valence-corrected chi connectivity index (χ1v) is 5.50. The molecule has 101 valence electrons. The number of alkyl halides is 3. The molecule has 0 aliphatic heterocycles. The monoisotopic (exact) mass is 261 g/mol. The highest BCUT2D eigenvalue weighted by Gasteiger charge is 2.32. The van der Waals surface area contributed by atoms with Crippen LogP contribution in [0, 0.1) is 6.92 Å². The fourth-order valence-electron chi connectivity index (χ4n) is 1.46. The van der Waals surface area contributed by atoms with E-state index in [9.17, 15) is 18.3 Å². The van der Waals surface area contributed by atoms with Crippen LogP contribution in [0.25, 0.3) is 0 Å². The zero-order chi connectivity index (χ0) is 14.0. The molecule has 0 saturated carbocycles. The third-order valence-corrected chi connectivity index (χ3v) is 2.62. The molecule has 1 radical (unpaired) electrons. The van der Waals surface area contributed by atoms with Crippen LogP contribution in [-0.2, 0) is 6.18 Å². The fraction of sp³-hybridized carbons (Fsp3) is 0.462. The van der Waals surface area contributed by atoms with E-state index < -0.39 is 23.4 Å². The highest BCUT2D eigenvalue weighted by Crippen LogP contribution is 2.32. The molecule has 0 aliphatic carbocycles. The molecule has 0 aliphatic rings. The van der Waals surface area contributed by atoms with Gasteiger partial charge in [-0.3, -0.25) is 0 Å². The summed E-state index contributed by atoms with van der Waals surface area (Å²) in [5, 5.41) is 9.67. The van der Waals surface area contributed by atoms with Crippen LogP contribution in [0.2, 0.25) is 0 Å². The van der Waals surface area contributed by atoms with E-state index in [1.807, 2.05) is 0 Å². The summed E-state index contributed by atoms with van der Waals surface area (Å²) in [5.41, 5.74) is -1.77. The Bertz CT molecular complexity index is 399. The number of hydrogen-bond donors (Lipinski definition) is 1. The molecule has 1 aromatic carbocycles. The zero-order valence-electron chi connectivity index (χ0n) is 10.3. The quantitative estimate of drug-likeness (QED) is 0.899. The average Bonchev–Trinajstić information content (AvgIpc) is 2.26. The Morgan fingerprint density at radius 2 is 1.94 bits per heavy atom. The van der Waals surface area contributed by atoms with Crippen molar-refractivity contribution >= 4 is 0 Å². The van der Waals surface area contributed by atoms with E-state index in [1.165, 1.54) is 12.1 Å². The Morgan fingerprint density at radius 1 is 1.33 bits per heavy atom. The number of halogens is 3. The van der Waals surface area contributed by atoms with Crippen molar-refractivity contribution in [3.8, 4) is 5.75 Å². The minimum Gasteiger partial charge on any atom is -0.485 e. The fourth-order valence-corrected chi connectivity index (χ4v) is 1.46. The second-order valence-corrected chi connectivity index (χ2v) is 4.54. The van der Waals surface area contributed by atoms with Gasteiger partial charge in [0.05, 0.1) is 11.7 Å². The summed E-state index contributed by atoms with van der Waals surface area (Å²) in [5.74, 6) is 0.0716. The standard InChI is InChI=1S/C13H16F3O2/c1-4-11(17)12(2,3)18-10-7-5-6-9(8-10)13(14,15)16/h5-8,11,17H,1,4H2,2-3H3. The lowest BCUT2D eigenvalue weighted by atomic mass is 9.99. The summed E-state index contributed by atoms with van der Waals surface area (Å²) in [6, 6.07) is 4.58. The summed E-state index contributed by atoms with van der Waals surface area (Å²) in [6.07, 6.45) is -5.05. The van der Waals surface area contributed by atoms with Gasteiger partial charge in [-0.25, -0.2) is 0 Å². The number of aliphatic hydroxyl groups excluding tert-OH is 1. The Kier molecular flexibility index (Phi) is 4.27. The van der Waals surface area contributed by atoms with Gasteiger partial charge in [0.2, 0.25) is 0 Å². The molecule has 5 heteroatoms. The van der Waals surface area contributed by atoms with Crippen LogP contribution < -0.4 is 4.74 Å². The van der Waals surface area contributed by atoms with Gasteiger partial charge < -0.3 is 9.84 Å². The zero-order valence-corrected chi connectivity index (χ0v) is 10.3. The van der Waals surface area contributed by atoms with E-state index in [0.29, 0.717) is 0 Å². The van der Waals surface area contributed by atoms with Crippen LogP contribution in [0.15, 0.2) is 24.3 Å². The Hall–Kier alpha value is -1.23. The topological polar surface area (TPSA) is 29.5 Å². The maximum atomic E-state index is 12.5. The van der Waals surface area contributed by atoms with Crippen molar-refractivity contribution in [2.24, 2.45) is 0 Å². The first kappa shape index (κ1) is 14.8. The molecule has 0 saturated heterocycles. The lowest BCUT2D eigenvalue weighted by Crippen LogP contribution is -2.41. The first-order chi connectivity index (χ1) is 8.16. The van der Waals surface area contributed by atoms with Crippen molar-refractivity contribution < 1.29 is 23.0 Å². The van der Waals surface area contributed by atoms with Gasteiger partial charge in [-0.05, 0) is 38.5 Å². The lowest BCUT2D eigenvalue weighted by Gasteiger charge is -2.31. The van der Waals surface area contributed by atoms with Gasteiger partial charge in [-0.1, -0.05) is 13.0 Å². The van der Waals surface area contributed by atoms with Crippen molar-refractivity contribution in [2.75, 3.05) is 0 Å². The SMILES string of the molecule is [CH2]CC(O)C(C)(C)Oc1cccc(C(F)(F)F)c1. The molecule has 0 heterocycles. The summed E-state index contributed by atoms with van der Waals surface area (Å²) >= 11 is 0. The molecule has 1 unspecified atom stereocenters. The number of benzene rings is 1. The van der Waals surface area contributed by atoms with Gasteiger partial charge in [-0.2, -0.15) is 13.2 Å². The molecule has 1 atom stereocenters. The maximum Gasteiger partial charge on any atom is 0.416 e. The molecule has 2 nitrogen and oxygen atoms in total. The van der Waals surface area contributed by atoms with Crippen LogP contribution in [0.1, 0.15) is 25.8 Å². The van der Waals surface area contributed by atoms with Crippen molar-refractivity contribution in [3.63, 3.8) is 0 Å². The molecule has 0 fully saturated rings. The van der Waals surface area contributed by atoms with Crippen LogP contribution in [0.4, 0.5) is 13.2 Å². The third kappa shape index (κ3) is 3.63. The van der Waals surface area contributed by atoms with Gasteiger partial charge >= 0.3 is 6.18 Å². The van der Waals surface area contributed by atoms with E-state index >= 15 is 0 Å². The minimum absolute atomic E-state index is 0.0716. The summed E-state index contributed by atoms with van der Waals surface area (Å²) < 4.78 is 42.9.